The first-order valence-electron chi connectivity index (χ1n) is 7.18. The van der Waals surface area contributed by atoms with Crippen molar-refractivity contribution >= 4 is 11.6 Å². The van der Waals surface area contributed by atoms with E-state index in [4.69, 9.17) is 10.5 Å². The van der Waals surface area contributed by atoms with Crippen molar-refractivity contribution in [2.24, 2.45) is 0 Å². The van der Waals surface area contributed by atoms with E-state index < -0.39 is 0 Å². The van der Waals surface area contributed by atoms with Crippen molar-refractivity contribution in [1.29, 1.82) is 0 Å². The lowest BCUT2D eigenvalue weighted by Crippen LogP contribution is -2.41. The van der Waals surface area contributed by atoms with Gasteiger partial charge in [0, 0.05) is 24.3 Å². The predicted molar refractivity (Wildman–Crippen MR) is 79.6 cm³/mol. The smallest absolute Gasteiger partial charge is 0.257 e. The summed E-state index contributed by atoms with van der Waals surface area (Å²) >= 11 is 0. The standard InChI is InChI=1S/C15H23N3O2/c1-2-18-8-4-6-13(18)10-17-15(19)11-20-14-7-3-5-12(16)9-14/h3,5,7,9,13H,2,4,6,8,10-11,16H2,1H3,(H,17,19). The number of rotatable bonds is 6. The van der Waals surface area contributed by atoms with Gasteiger partial charge in [-0.1, -0.05) is 13.0 Å². The molecule has 1 fully saturated rings. The van der Waals surface area contributed by atoms with Crippen LogP contribution in [0.3, 0.4) is 0 Å². The summed E-state index contributed by atoms with van der Waals surface area (Å²) in [6, 6.07) is 7.56. The number of carbonyl (C=O) groups is 1. The summed E-state index contributed by atoms with van der Waals surface area (Å²) in [6.07, 6.45) is 2.37. The number of carbonyl (C=O) groups excluding carboxylic acids is 1. The number of nitrogens with zero attached hydrogens (tertiary/aromatic N) is 1. The maximum absolute atomic E-state index is 11.8. The van der Waals surface area contributed by atoms with Crippen LogP contribution in [0.2, 0.25) is 0 Å². The molecule has 1 amide bonds. The number of likely N-dealkylation sites (tertiary alicyclic amines) is 1. The lowest BCUT2D eigenvalue weighted by atomic mass is 10.2. The highest BCUT2D eigenvalue weighted by atomic mass is 16.5. The highest BCUT2D eigenvalue weighted by Crippen LogP contribution is 2.16. The van der Waals surface area contributed by atoms with Crippen LogP contribution in [0.25, 0.3) is 0 Å². The number of hydrogen-bond acceptors (Lipinski definition) is 4. The topological polar surface area (TPSA) is 67.6 Å². The van der Waals surface area contributed by atoms with E-state index in [0.29, 0.717) is 24.0 Å². The maximum Gasteiger partial charge on any atom is 0.257 e. The Bertz CT molecular complexity index is 450. The van der Waals surface area contributed by atoms with Gasteiger partial charge in [0.05, 0.1) is 0 Å². The Hall–Kier alpha value is -1.75. The second kappa shape index (κ2) is 7.14. The van der Waals surface area contributed by atoms with Crippen LogP contribution in [0.5, 0.6) is 5.75 Å². The number of amides is 1. The van der Waals surface area contributed by atoms with Crippen molar-refractivity contribution in [2.45, 2.75) is 25.8 Å². The van der Waals surface area contributed by atoms with E-state index in [0.717, 1.165) is 19.5 Å². The summed E-state index contributed by atoms with van der Waals surface area (Å²) < 4.78 is 5.41. The molecule has 1 atom stereocenters. The van der Waals surface area contributed by atoms with Gasteiger partial charge in [-0.05, 0) is 38.1 Å². The molecule has 1 aliphatic rings. The van der Waals surface area contributed by atoms with Crippen molar-refractivity contribution in [1.82, 2.24) is 10.2 Å². The van der Waals surface area contributed by atoms with Gasteiger partial charge in [-0.3, -0.25) is 9.69 Å². The minimum absolute atomic E-state index is 0.0301. The fourth-order valence-electron chi connectivity index (χ4n) is 2.58. The van der Waals surface area contributed by atoms with Crippen molar-refractivity contribution < 1.29 is 9.53 Å². The van der Waals surface area contributed by atoms with Gasteiger partial charge in [0.15, 0.2) is 6.61 Å². The van der Waals surface area contributed by atoms with Gasteiger partial charge in [-0.2, -0.15) is 0 Å². The molecule has 1 aromatic rings. The molecule has 3 N–H and O–H groups in total. The first kappa shape index (κ1) is 14.7. The van der Waals surface area contributed by atoms with E-state index in [1.807, 2.05) is 0 Å². The Balaban J connectivity index is 1.70. The Morgan fingerprint density at radius 1 is 1.55 bits per heavy atom. The Labute approximate surface area is 120 Å². The molecule has 110 valence electrons. The number of ether oxygens (including phenoxy) is 1. The Morgan fingerprint density at radius 2 is 2.40 bits per heavy atom. The Kier molecular flexibility index (Phi) is 5.24. The molecule has 2 rings (SSSR count). The zero-order chi connectivity index (χ0) is 14.4. The molecule has 1 heterocycles. The first-order valence-corrected chi connectivity index (χ1v) is 7.18. The molecule has 1 aromatic carbocycles. The SMILES string of the molecule is CCN1CCCC1CNC(=O)COc1cccc(N)c1. The molecule has 0 radical (unpaired) electrons. The largest absolute Gasteiger partial charge is 0.484 e. The highest BCUT2D eigenvalue weighted by Gasteiger charge is 2.23. The molecule has 0 aliphatic carbocycles. The fraction of sp³-hybridized carbons (Fsp3) is 0.533. The van der Waals surface area contributed by atoms with Crippen LogP contribution >= 0.6 is 0 Å². The minimum atomic E-state index is -0.0876. The number of nitrogen functional groups attached to an aromatic ring is 1. The molecular weight excluding hydrogens is 254 g/mol. The Morgan fingerprint density at radius 3 is 3.15 bits per heavy atom. The summed E-state index contributed by atoms with van der Waals surface area (Å²) in [5.41, 5.74) is 6.28. The minimum Gasteiger partial charge on any atom is -0.484 e. The number of benzene rings is 1. The van der Waals surface area contributed by atoms with E-state index in [-0.39, 0.29) is 12.5 Å². The van der Waals surface area contributed by atoms with E-state index in [9.17, 15) is 4.79 Å². The van der Waals surface area contributed by atoms with E-state index in [2.05, 4.69) is 17.1 Å². The number of likely N-dealkylation sites (N-methyl/N-ethyl adjacent to an activating group) is 1. The van der Waals surface area contributed by atoms with Crippen molar-refractivity contribution in [3.63, 3.8) is 0 Å². The van der Waals surface area contributed by atoms with Crippen LogP contribution in [0.1, 0.15) is 19.8 Å². The molecule has 0 saturated carbocycles. The summed E-state index contributed by atoms with van der Waals surface area (Å²) in [7, 11) is 0. The summed E-state index contributed by atoms with van der Waals surface area (Å²) in [5.74, 6) is 0.534. The molecule has 1 saturated heterocycles. The van der Waals surface area contributed by atoms with E-state index in [1.54, 1.807) is 24.3 Å². The molecule has 1 aliphatic heterocycles. The predicted octanol–water partition coefficient (Wildman–Crippen LogP) is 1.25. The van der Waals surface area contributed by atoms with Crippen LogP contribution in [-0.2, 0) is 4.79 Å². The number of nitrogens with two attached hydrogens (primary N) is 1. The molecule has 5 nitrogen and oxygen atoms in total. The fourth-order valence-corrected chi connectivity index (χ4v) is 2.58. The van der Waals surface area contributed by atoms with E-state index in [1.165, 1.54) is 6.42 Å². The molecule has 1 unspecified atom stereocenters. The van der Waals surface area contributed by atoms with Gasteiger partial charge in [-0.15, -0.1) is 0 Å². The quantitative estimate of drug-likeness (QED) is 0.768. The molecular formula is C15H23N3O2. The van der Waals surface area contributed by atoms with Gasteiger partial charge in [0.25, 0.3) is 5.91 Å². The maximum atomic E-state index is 11.8. The molecule has 5 heteroatoms. The highest BCUT2D eigenvalue weighted by molar-refractivity contribution is 5.77. The monoisotopic (exact) mass is 277 g/mol. The van der Waals surface area contributed by atoms with Crippen LogP contribution in [0, 0.1) is 0 Å². The average molecular weight is 277 g/mol. The number of anilines is 1. The summed E-state index contributed by atoms with van der Waals surface area (Å²) in [5, 5.41) is 2.94. The third kappa shape index (κ3) is 4.13. The second-order valence-corrected chi connectivity index (χ2v) is 5.09. The van der Waals surface area contributed by atoms with Crippen molar-refractivity contribution in [2.75, 3.05) is 32.0 Å². The number of nitrogens with one attached hydrogen (secondary N) is 1. The third-order valence-electron chi connectivity index (χ3n) is 3.67. The van der Waals surface area contributed by atoms with Crippen LogP contribution in [0.4, 0.5) is 5.69 Å². The van der Waals surface area contributed by atoms with E-state index >= 15 is 0 Å². The lowest BCUT2D eigenvalue weighted by Gasteiger charge is -2.22. The molecule has 0 bridgehead atoms. The lowest BCUT2D eigenvalue weighted by molar-refractivity contribution is -0.123. The summed E-state index contributed by atoms with van der Waals surface area (Å²) in [6.45, 7) is 5.06. The molecule has 0 aromatic heterocycles. The zero-order valence-electron chi connectivity index (χ0n) is 12.0. The molecule has 20 heavy (non-hydrogen) atoms. The second-order valence-electron chi connectivity index (χ2n) is 5.09. The van der Waals surface area contributed by atoms with Gasteiger partial charge < -0.3 is 15.8 Å². The van der Waals surface area contributed by atoms with Gasteiger partial charge >= 0.3 is 0 Å². The average Bonchev–Trinajstić information content (AvgIpc) is 2.90. The zero-order valence-corrected chi connectivity index (χ0v) is 12.0. The summed E-state index contributed by atoms with van der Waals surface area (Å²) in [4.78, 5) is 14.2. The third-order valence-corrected chi connectivity index (χ3v) is 3.67. The first-order chi connectivity index (χ1) is 9.69. The number of hydrogen-bond donors (Lipinski definition) is 2. The van der Waals surface area contributed by atoms with Gasteiger partial charge in [-0.25, -0.2) is 0 Å². The normalized spacial score (nSPS) is 18.9. The van der Waals surface area contributed by atoms with Gasteiger partial charge in [0.2, 0.25) is 0 Å². The van der Waals surface area contributed by atoms with Gasteiger partial charge in [0.1, 0.15) is 5.75 Å². The van der Waals surface area contributed by atoms with Crippen molar-refractivity contribution in [3.05, 3.63) is 24.3 Å². The van der Waals surface area contributed by atoms with Crippen LogP contribution in [0.15, 0.2) is 24.3 Å². The van der Waals surface area contributed by atoms with Crippen LogP contribution in [-0.4, -0.2) is 43.1 Å². The van der Waals surface area contributed by atoms with Crippen molar-refractivity contribution in [3.8, 4) is 5.75 Å². The van der Waals surface area contributed by atoms with Crippen LogP contribution < -0.4 is 15.8 Å². The molecule has 0 spiro atoms.